The predicted molar refractivity (Wildman–Crippen MR) is 50.8 cm³/mol. The maximum Gasteiger partial charge on any atom is 0.261 e. The van der Waals surface area contributed by atoms with Crippen LogP contribution in [0.15, 0.2) is 33.7 Å². The van der Waals surface area contributed by atoms with Crippen LogP contribution >= 0.6 is 15.9 Å². The molecule has 5 heteroatoms. The molecule has 2 rings (SSSR count). The van der Waals surface area contributed by atoms with E-state index in [1.807, 2.05) is 0 Å². The van der Waals surface area contributed by atoms with Crippen molar-refractivity contribution in [3.05, 3.63) is 39.2 Å². The molecule has 0 aliphatic carbocycles. The van der Waals surface area contributed by atoms with Crippen molar-refractivity contribution < 1.29 is 5.11 Å². The molecule has 0 amide bonds. The van der Waals surface area contributed by atoms with E-state index < -0.39 is 0 Å². The smallest absolute Gasteiger partial charge is 0.261 e. The molecule has 0 aliphatic heterocycles. The topological polar surface area (TPSA) is 54.6 Å². The molecule has 13 heavy (non-hydrogen) atoms. The Morgan fingerprint density at radius 1 is 1.46 bits per heavy atom. The summed E-state index contributed by atoms with van der Waals surface area (Å²) in [4.78, 5) is 15.1. The van der Waals surface area contributed by atoms with E-state index in [2.05, 4.69) is 20.9 Å². The first-order valence-corrected chi connectivity index (χ1v) is 4.34. The van der Waals surface area contributed by atoms with Crippen LogP contribution in [0.25, 0.3) is 5.65 Å². The minimum atomic E-state index is -0.302. The van der Waals surface area contributed by atoms with Crippen molar-refractivity contribution in [1.29, 1.82) is 0 Å². The minimum Gasteiger partial charge on any atom is -0.493 e. The van der Waals surface area contributed by atoms with E-state index in [-0.39, 0.29) is 11.4 Å². The maximum atomic E-state index is 11.3. The summed E-state index contributed by atoms with van der Waals surface area (Å²) in [5, 5.41) is 9.04. The lowest BCUT2D eigenvalue weighted by atomic mass is 10.4. The standard InChI is InChI=1S/C8H5BrN2O2/c9-5-1-2-6-10-7(12)3-8(13)11(6)4-5/h1-4,12H. The number of halogens is 1. The van der Waals surface area contributed by atoms with Crippen molar-refractivity contribution in [2.75, 3.05) is 0 Å². The molecule has 0 aliphatic rings. The normalized spacial score (nSPS) is 10.5. The predicted octanol–water partition coefficient (Wildman–Crippen LogP) is 1.16. The van der Waals surface area contributed by atoms with Gasteiger partial charge in [0.1, 0.15) is 5.65 Å². The summed E-state index contributed by atoms with van der Waals surface area (Å²) < 4.78 is 2.14. The first-order valence-electron chi connectivity index (χ1n) is 3.55. The molecule has 2 aromatic heterocycles. The van der Waals surface area contributed by atoms with Gasteiger partial charge in [0.15, 0.2) is 0 Å². The van der Waals surface area contributed by atoms with Crippen LogP contribution in [0.4, 0.5) is 0 Å². The summed E-state index contributed by atoms with van der Waals surface area (Å²) in [6.45, 7) is 0. The fourth-order valence-electron chi connectivity index (χ4n) is 1.06. The third-order valence-electron chi connectivity index (χ3n) is 1.61. The number of rotatable bonds is 0. The Balaban J connectivity index is 2.95. The number of aromatic nitrogens is 2. The molecule has 4 nitrogen and oxygen atoms in total. The van der Waals surface area contributed by atoms with Crippen molar-refractivity contribution in [1.82, 2.24) is 9.38 Å². The van der Waals surface area contributed by atoms with Crippen LogP contribution in [-0.4, -0.2) is 14.5 Å². The highest BCUT2D eigenvalue weighted by molar-refractivity contribution is 9.10. The van der Waals surface area contributed by atoms with Crippen molar-refractivity contribution in [2.24, 2.45) is 0 Å². The van der Waals surface area contributed by atoms with Gasteiger partial charge in [-0.15, -0.1) is 0 Å². The number of nitrogens with zero attached hydrogens (tertiary/aromatic N) is 2. The molecule has 0 radical (unpaired) electrons. The summed E-state index contributed by atoms with van der Waals surface area (Å²) in [5.41, 5.74) is 0.122. The zero-order valence-corrected chi connectivity index (χ0v) is 8.02. The van der Waals surface area contributed by atoms with Gasteiger partial charge in [-0.1, -0.05) is 0 Å². The van der Waals surface area contributed by atoms with E-state index in [1.165, 1.54) is 4.40 Å². The average Bonchev–Trinajstić information content (AvgIpc) is 2.06. The van der Waals surface area contributed by atoms with E-state index in [0.29, 0.717) is 5.65 Å². The average molecular weight is 241 g/mol. The summed E-state index contributed by atoms with van der Waals surface area (Å²) in [6.07, 6.45) is 1.60. The molecule has 0 bridgehead atoms. The Labute approximate surface area is 81.6 Å². The van der Waals surface area contributed by atoms with Gasteiger partial charge in [0, 0.05) is 10.7 Å². The summed E-state index contributed by atoms with van der Waals surface area (Å²) in [6, 6.07) is 4.46. The fraction of sp³-hybridized carbons (Fsp3) is 0. The lowest BCUT2D eigenvalue weighted by Gasteiger charge is -1.99. The van der Waals surface area contributed by atoms with Gasteiger partial charge in [0.05, 0.1) is 6.07 Å². The van der Waals surface area contributed by atoms with Crippen LogP contribution in [-0.2, 0) is 0 Å². The van der Waals surface area contributed by atoms with E-state index in [9.17, 15) is 4.79 Å². The van der Waals surface area contributed by atoms with Gasteiger partial charge in [-0.25, -0.2) is 0 Å². The number of hydrogen-bond acceptors (Lipinski definition) is 3. The Hall–Kier alpha value is -1.36. The molecular formula is C8H5BrN2O2. The van der Waals surface area contributed by atoms with Crippen molar-refractivity contribution in [2.45, 2.75) is 0 Å². The third-order valence-corrected chi connectivity index (χ3v) is 2.08. The van der Waals surface area contributed by atoms with Crippen LogP contribution in [0.3, 0.4) is 0 Å². The van der Waals surface area contributed by atoms with Crippen LogP contribution in [0.5, 0.6) is 5.88 Å². The number of pyridine rings is 1. The van der Waals surface area contributed by atoms with E-state index in [1.54, 1.807) is 18.3 Å². The molecular weight excluding hydrogens is 236 g/mol. The second-order valence-electron chi connectivity index (χ2n) is 2.53. The zero-order chi connectivity index (χ0) is 9.42. The van der Waals surface area contributed by atoms with E-state index in [0.717, 1.165) is 10.5 Å². The van der Waals surface area contributed by atoms with Crippen molar-refractivity contribution in [3.63, 3.8) is 0 Å². The van der Waals surface area contributed by atoms with Crippen molar-refractivity contribution in [3.8, 4) is 5.88 Å². The summed E-state index contributed by atoms with van der Waals surface area (Å²) >= 11 is 3.24. The minimum absolute atomic E-state index is 0.257. The van der Waals surface area contributed by atoms with Gasteiger partial charge in [0.25, 0.3) is 5.56 Å². The molecule has 2 heterocycles. The lowest BCUT2D eigenvalue weighted by Crippen LogP contribution is -2.12. The molecule has 0 saturated carbocycles. The van der Waals surface area contributed by atoms with Gasteiger partial charge in [-0.3, -0.25) is 9.20 Å². The Kier molecular flexibility index (Phi) is 1.81. The highest BCUT2D eigenvalue weighted by atomic mass is 79.9. The monoisotopic (exact) mass is 240 g/mol. The molecule has 2 aromatic rings. The Morgan fingerprint density at radius 2 is 2.23 bits per heavy atom. The lowest BCUT2D eigenvalue weighted by molar-refractivity contribution is 0.453. The Morgan fingerprint density at radius 3 is 3.00 bits per heavy atom. The molecule has 0 saturated heterocycles. The van der Waals surface area contributed by atoms with Gasteiger partial charge >= 0.3 is 0 Å². The van der Waals surface area contributed by atoms with Gasteiger partial charge in [-0.2, -0.15) is 4.98 Å². The molecule has 0 atom stereocenters. The number of aromatic hydroxyl groups is 1. The van der Waals surface area contributed by atoms with Gasteiger partial charge < -0.3 is 5.11 Å². The Bertz CT molecular complexity index is 521. The largest absolute Gasteiger partial charge is 0.493 e. The summed E-state index contributed by atoms with van der Waals surface area (Å²) in [7, 11) is 0. The quantitative estimate of drug-likeness (QED) is 0.752. The fourth-order valence-corrected chi connectivity index (χ4v) is 1.40. The van der Waals surface area contributed by atoms with Crippen LogP contribution in [0.2, 0.25) is 0 Å². The zero-order valence-electron chi connectivity index (χ0n) is 6.44. The SMILES string of the molecule is O=c1cc(O)nc2ccc(Br)cn12. The van der Waals surface area contributed by atoms with Gasteiger partial charge in [0.2, 0.25) is 5.88 Å². The highest BCUT2D eigenvalue weighted by Gasteiger charge is 2.00. The summed E-state index contributed by atoms with van der Waals surface area (Å²) in [5.74, 6) is -0.257. The number of hydrogen-bond donors (Lipinski definition) is 1. The first-order chi connectivity index (χ1) is 6.16. The van der Waals surface area contributed by atoms with Crippen LogP contribution < -0.4 is 5.56 Å². The van der Waals surface area contributed by atoms with Gasteiger partial charge in [-0.05, 0) is 28.1 Å². The molecule has 1 N–H and O–H groups in total. The van der Waals surface area contributed by atoms with E-state index in [4.69, 9.17) is 5.11 Å². The van der Waals surface area contributed by atoms with E-state index >= 15 is 0 Å². The van der Waals surface area contributed by atoms with Crippen LogP contribution in [0, 0.1) is 0 Å². The number of fused-ring (bicyclic) bond motifs is 1. The highest BCUT2D eigenvalue weighted by Crippen LogP contribution is 2.10. The second-order valence-corrected chi connectivity index (χ2v) is 3.44. The maximum absolute atomic E-state index is 11.3. The molecule has 0 aromatic carbocycles. The molecule has 0 fully saturated rings. The molecule has 66 valence electrons. The molecule has 0 unspecified atom stereocenters. The molecule has 0 spiro atoms. The van der Waals surface area contributed by atoms with Crippen molar-refractivity contribution >= 4 is 21.6 Å². The third kappa shape index (κ3) is 1.42. The van der Waals surface area contributed by atoms with Crippen LogP contribution in [0.1, 0.15) is 0 Å². The second kappa shape index (κ2) is 2.85. The first kappa shape index (κ1) is 8.25.